The molecule has 15 heavy (non-hydrogen) atoms. The fraction of sp³-hybridized carbons (Fsp3) is 1.00. The van der Waals surface area contributed by atoms with Crippen LogP contribution in [-0.2, 0) is 0 Å². The molecular formula is C10H17F4K. The first-order valence-electron chi connectivity index (χ1n) is 5.62. The first-order chi connectivity index (χ1) is 6.92. The van der Waals surface area contributed by atoms with Gasteiger partial charge in [-0.1, -0.05) is 0 Å². The van der Waals surface area contributed by atoms with Crippen molar-refractivity contribution >= 4 is 49.0 Å². The molecule has 0 aliphatic rings. The second-order valence-corrected chi connectivity index (χ2v) is 6.01. The molecular weight excluding hydrogens is 235 g/mol. The van der Waals surface area contributed by atoms with E-state index in [1.54, 1.807) is 0 Å². The van der Waals surface area contributed by atoms with Gasteiger partial charge in [0.15, 0.2) is 0 Å². The van der Waals surface area contributed by atoms with Crippen LogP contribution in [-0.4, -0.2) is 55.4 Å². The second-order valence-electron chi connectivity index (χ2n) is 4.06. The van der Waals surface area contributed by atoms with Gasteiger partial charge in [0.05, 0.1) is 0 Å². The third-order valence-corrected chi connectivity index (χ3v) is 3.21. The van der Waals surface area contributed by atoms with Crippen LogP contribution in [0.4, 0.5) is 17.6 Å². The molecule has 0 spiro atoms. The fourth-order valence-corrected chi connectivity index (χ4v) is 2.10. The molecule has 1 atom stereocenters. The molecule has 0 aliphatic carbocycles. The Morgan fingerprint density at radius 1 is 0.867 bits per heavy atom. The quantitative estimate of drug-likeness (QED) is 0.346. The zero-order valence-corrected chi connectivity index (χ0v) is 12.4. The summed E-state index contributed by atoms with van der Waals surface area (Å²) in [6.45, 7) is 0. The van der Waals surface area contributed by atoms with Gasteiger partial charge in [-0.2, -0.15) is 0 Å². The van der Waals surface area contributed by atoms with Gasteiger partial charge >= 0.3 is 124 Å². The van der Waals surface area contributed by atoms with Gasteiger partial charge in [-0.15, -0.1) is 0 Å². The van der Waals surface area contributed by atoms with Crippen LogP contribution >= 0.6 is 0 Å². The van der Waals surface area contributed by atoms with Crippen molar-refractivity contribution in [3.05, 3.63) is 0 Å². The molecule has 0 rings (SSSR count). The summed E-state index contributed by atoms with van der Waals surface area (Å²) in [5.74, 6) is 0. The molecule has 0 saturated heterocycles. The van der Waals surface area contributed by atoms with Gasteiger partial charge in [-0.25, -0.2) is 0 Å². The monoisotopic (exact) mass is 252 g/mol. The number of alkyl halides is 4. The van der Waals surface area contributed by atoms with E-state index in [2.05, 4.69) is 0 Å². The van der Waals surface area contributed by atoms with Crippen molar-refractivity contribution in [3.63, 3.8) is 0 Å². The third kappa shape index (κ3) is 15.4. The SMILES string of the molecule is F[CH]([K])CCCCCCCCC(F)(F)F. The van der Waals surface area contributed by atoms with Crippen molar-refractivity contribution in [1.29, 1.82) is 0 Å². The van der Waals surface area contributed by atoms with Gasteiger partial charge in [0, 0.05) is 0 Å². The van der Waals surface area contributed by atoms with Crippen LogP contribution in [0.25, 0.3) is 0 Å². The predicted molar refractivity (Wildman–Crippen MR) is 53.6 cm³/mol. The predicted octanol–water partition coefficient (Wildman–Crippen LogP) is 4.13. The van der Waals surface area contributed by atoms with E-state index < -0.39 is 12.9 Å². The minimum absolute atomic E-state index is 0.234. The van der Waals surface area contributed by atoms with Crippen LogP contribution < -0.4 is 0 Å². The van der Waals surface area contributed by atoms with E-state index in [-0.39, 0.29) is 55.4 Å². The summed E-state index contributed by atoms with van der Waals surface area (Å²) in [5.41, 5.74) is 0. The molecule has 86 valence electrons. The van der Waals surface area contributed by atoms with Crippen molar-refractivity contribution in [2.45, 2.75) is 57.8 Å². The van der Waals surface area contributed by atoms with Crippen LogP contribution in [0, 0.1) is 0 Å². The van der Waals surface area contributed by atoms with E-state index in [0.717, 1.165) is 25.7 Å². The van der Waals surface area contributed by atoms with E-state index in [1.807, 2.05) is 0 Å². The van der Waals surface area contributed by atoms with E-state index >= 15 is 0 Å². The number of halogens is 4. The molecule has 0 amide bonds. The van der Waals surface area contributed by atoms with Gasteiger partial charge < -0.3 is 0 Å². The summed E-state index contributed by atoms with van der Waals surface area (Å²) >= 11 is 0.264. The minimum atomic E-state index is -4.00. The average Bonchev–Trinajstić information content (AvgIpc) is 2.07. The summed E-state index contributed by atoms with van der Waals surface area (Å²) in [7, 11) is 0. The average molecular weight is 252 g/mol. The molecule has 0 nitrogen and oxygen atoms in total. The Balaban J connectivity index is 3.06. The van der Waals surface area contributed by atoms with E-state index in [4.69, 9.17) is 0 Å². The van der Waals surface area contributed by atoms with Gasteiger partial charge in [-0.3, -0.25) is 0 Å². The maximum atomic E-state index is 12.4. The van der Waals surface area contributed by atoms with E-state index in [9.17, 15) is 17.6 Å². The first kappa shape index (κ1) is 16.4. The van der Waals surface area contributed by atoms with Crippen LogP contribution in [0.2, 0.25) is 0 Å². The Kier molecular flexibility index (Phi) is 10.2. The van der Waals surface area contributed by atoms with Gasteiger partial charge in [0.25, 0.3) is 0 Å². The molecule has 0 aromatic carbocycles. The van der Waals surface area contributed by atoms with Gasteiger partial charge in [0.2, 0.25) is 0 Å². The molecule has 0 fully saturated rings. The normalized spacial score (nSPS) is 14.3. The summed E-state index contributed by atoms with van der Waals surface area (Å²) in [4.78, 5) is 0. The Labute approximate surface area is 123 Å². The molecule has 0 saturated carbocycles. The van der Waals surface area contributed by atoms with Crippen LogP contribution in [0.1, 0.15) is 51.4 Å². The number of unbranched alkanes of at least 4 members (excludes halogenated alkanes) is 5. The number of hydrogen-bond donors (Lipinski definition) is 0. The Morgan fingerprint density at radius 2 is 1.33 bits per heavy atom. The number of rotatable bonds is 8. The summed E-state index contributed by atoms with van der Waals surface area (Å²) < 4.78 is 47.1. The van der Waals surface area contributed by atoms with Crippen molar-refractivity contribution in [2.24, 2.45) is 0 Å². The first-order valence-corrected chi connectivity index (χ1v) is 7.43. The summed E-state index contributed by atoms with van der Waals surface area (Å²) in [5, 5.41) is 0. The molecule has 1 unspecified atom stereocenters. The molecule has 0 N–H and O–H groups in total. The zero-order valence-electron chi connectivity index (χ0n) is 9.25. The molecule has 0 heterocycles. The molecule has 0 radical (unpaired) electrons. The summed E-state index contributed by atoms with van der Waals surface area (Å²) in [6, 6.07) is 0. The Bertz CT molecular complexity index is 145. The van der Waals surface area contributed by atoms with Crippen molar-refractivity contribution in [3.8, 4) is 0 Å². The molecule has 0 aromatic rings. The van der Waals surface area contributed by atoms with E-state index in [1.165, 1.54) is 0 Å². The topological polar surface area (TPSA) is 0 Å². The van der Waals surface area contributed by atoms with Crippen molar-refractivity contribution < 1.29 is 17.6 Å². The fourth-order valence-electron chi connectivity index (χ4n) is 1.46. The second kappa shape index (κ2) is 9.39. The zero-order chi connectivity index (χ0) is 11.7. The number of hydrogen-bond acceptors (Lipinski definition) is 0. The van der Waals surface area contributed by atoms with Crippen LogP contribution in [0.15, 0.2) is 0 Å². The molecule has 0 aliphatic heterocycles. The van der Waals surface area contributed by atoms with Crippen LogP contribution in [0.5, 0.6) is 0 Å². The van der Waals surface area contributed by atoms with Crippen LogP contribution in [0.3, 0.4) is 0 Å². The van der Waals surface area contributed by atoms with Gasteiger partial charge in [-0.05, 0) is 0 Å². The molecule has 0 aromatic heterocycles. The third-order valence-electron chi connectivity index (χ3n) is 2.31. The van der Waals surface area contributed by atoms with Crippen molar-refractivity contribution in [1.82, 2.24) is 0 Å². The molecule has 0 bridgehead atoms. The Hall–Kier alpha value is 1.36. The molecule has 5 heteroatoms. The summed E-state index contributed by atoms with van der Waals surface area (Å²) in [6.07, 6.45) is 0.502. The van der Waals surface area contributed by atoms with Crippen molar-refractivity contribution in [2.75, 3.05) is 0 Å². The standard InChI is InChI=1S/C10H17F4.K/c11-9-7-5-3-1-2-4-6-8-10(12,13)14;/h9H,1-8H2;. The van der Waals surface area contributed by atoms with Gasteiger partial charge in [0.1, 0.15) is 0 Å². The Morgan fingerprint density at radius 3 is 1.80 bits per heavy atom. The maximum absolute atomic E-state index is 12.4. The van der Waals surface area contributed by atoms with E-state index in [0.29, 0.717) is 12.8 Å².